The Morgan fingerprint density at radius 3 is 2.43 bits per heavy atom. The first kappa shape index (κ1) is 14.1. The smallest absolute Gasteiger partial charge is 0.127 e. The summed E-state index contributed by atoms with van der Waals surface area (Å²) in [5.74, 6) is 0.298. The second-order valence-corrected chi connectivity index (χ2v) is 6.29. The topological polar surface area (TPSA) is 36.4 Å². The third-order valence-electron chi connectivity index (χ3n) is 4.59. The van der Waals surface area contributed by atoms with E-state index in [0.29, 0.717) is 5.75 Å². The molecule has 0 unspecified atom stereocenters. The Morgan fingerprint density at radius 1 is 0.957 bits per heavy atom. The fourth-order valence-corrected chi connectivity index (χ4v) is 3.24. The maximum atomic E-state index is 10.5. The Bertz CT molecular complexity index is 849. The highest BCUT2D eigenvalue weighted by molar-refractivity contribution is 5.90. The molecular formula is C20H20N2O. The molecule has 0 bridgehead atoms. The molecule has 0 radical (unpaired) electrons. The summed E-state index contributed by atoms with van der Waals surface area (Å²) in [6.45, 7) is 4.26. The van der Waals surface area contributed by atoms with Crippen molar-refractivity contribution in [1.29, 1.82) is 0 Å². The number of nitrogens with zero attached hydrogens (tertiary/aromatic N) is 2. The molecule has 23 heavy (non-hydrogen) atoms. The van der Waals surface area contributed by atoms with E-state index in [-0.39, 0.29) is 0 Å². The molecule has 3 aromatic rings. The van der Waals surface area contributed by atoms with Crippen LogP contribution in [-0.4, -0.2) is 23.2 Å². The molecule has 0 saturated carbocycles. The maximum Gasteiger partial charge on any atom is 0.127 e. The van der Waals surface area contributed by atoms with E-state index in [9.17, 15) is 5.11 Å². The predicted octanol–water partition coefficient (Wildman–Crippen LogP) is 4.52. The summed E-state index contributed by atoms with van der Waals surface area (Å²) in [6, 6.07) is 16.2. The summed E-state index contributed by atoms with van der Waals surface area (Å²) >= 11 is 0. The molecule has 0 aliphatic carbocycles. The van der Waals surface area contributed by atoms with Crippen molar-refractivity contribution >= 4 is 16.6 Å². The standard InChI is InChI=1S/C20H20N2O/c1-14-4-6-15(7-5-14)19-13-20(23)17-12-16(8-9-18(17)21-19)22-10-2-3-11-22/h4-9,12-13H,2-3,10-11H2,1H3,(H,21,23). The number of anilines is 1. The molecule has 0 atom stereocenters. The van der Waals surface area contributed by atoms with Gasteiger partial charge in [-0.3, -0.25) is 0 Å². The van der Waals surface area contributed by atoms with Gasteiger partial charge in [0.15, 0.2) is 0 Å². The van der Waals surface area contributed by atoms with E-state index < -0.39 is 0 Å². The average molecular weight is 304 g/mol. The fraction of sp³-hybridized carbons (Fsp3) is 0.250. The van der Waals surface area contributed by atoms with Gasteiger partial charge in [-0.25, -0.2) is 4.98 Å². The molecule has 116 valence electrons. The zero-order valence-corrected chi connectivity index (χ0v) is 13.3. The quantitative estimate of drug-likeness (QED) is 0.756. The monoisotopic (exact) mass is 304 g/mol. The third-order valence-corrected chi connectivity index (χ3v) is 4.59. The second-order valence-electron chi connectivity index (χ2n) is 6.29. The summed E-state index contributed by atoms with van der Waals surface area (Å²) in [5, 5.41) is 11.3. The number of fused-ring (bicyclic) bond motifs is 1. The fourth-order valence-electron chi connectivity index (χ4n) is 3.24. The van der Waals surface area contributed by atoms with Crippen LogP contribution < -0.4 is 4.90 Å². The van der Waals surface area contributed by atoms with Crippen LogP contribution >= 0.6 is 0 Å². The van der Waals surface area contributed by atoms with Gasteiger partial charge in [-0.1, -0.05) is 29.8 Å². The molecule has 0 spiro atoms. The zero-order valence-electron chi connectivity index (χ0n) is 13.3. The van der Waals surface area contributed by atoms with Crippen LogP contribution in [0.3, 0.4) is 0 Å². The van der Waals surface area contributed by atoms with Crippen LogP contribution in [0.1, 0.15) is 18.4 Å². The van der Waals surface area contributed by atoms with Gasteiger partial charge in [-0.15, -0.1) is 0 Å². The van der Waals surface area contributed by atoms with E-state index in [1.54, 1.807) is 6.07 Å². The highest BCUT2D eigenvalue weighted by atomic mass is 16.3. The molecule has 0 amide bonds. The molecule has 1 saturated heterocycles. The van der Waals surface area contributed by atoms with Crippen molar-refractivity contribution in [2.45, 2.75) is 19.8 Å². The van der Waals surface area contributed by atoms with Gasteiger partial charge in [0.1, 0.15) is 5.75 Å². The van der Waals surface area contributed by atoms with Crippen molar-refractivity contribution < 1.29 is 5.11 Å². The Labute approximate surface area is 136 Å². The van der Waals surface area contributed by atoms with Crippen LogP contribution in [0.5, 0.6) is 5.75 Å². The zero-order chi connectivity index (χ0) is 15.8. The van der Waals surface area contributed by atoms with E-state index in [4.69, 9.17) is 4.98 Å². The van der Waals surface area contributed by atoms with Gasteiger partial charge in [0, 0.05) is 35.8 Å². The summed E-state index contributed by atoms with van der Waals surface area (Å²) in [5.41, 5.74) is 5.06. The van der Waals surface area contributed by atoms with Crippen molar-refractivity contribution in [2.75, 3.05) is 18.0 Å². The van der Waals surface area contributed by atoms with Crippen LogP contribution in [0, 0.1) is 6.92 Å². The minimum Gasteiger partial charge on any atom is -0.507 e. The highest BCUT2D eigenvalue weighted by Crippen LogP contribution is 2.32. The predicted molar refractivity (Wildman–Crippen MR) is 95.0 cm³/mol. The van der Waals surface area contributed by atoms with Gasteiger partial charge in [0.25, 0.3) is 0 Å². The van der Waals surface area contributed by atoms with E-state index in [0.717, 1.165) is 35.2 Å². The number of pyridine rings is 1. The van der Waals surface area contributed by atoms with E-state index in [1.807, 2.05) is 18.2 Å². The summed E-state index contributed by atoms with van der Waals surface area (Å²) in [4.78, 5) is 7.09. The van der Waals surface area contributed by atoms with Gasteiger partial charge < -0.3 is 10.0 Å². The first-order valence-electron chi connectivity index (χ1n) is 8.16. The van der Waals surface area contributed by atoms with Crippen LogP contribution in [0.2, 0.25) is 0 Å². The third kappa shape index (κ3) is 2.63. The van der Waals surface area contributed by atoms with E-state index >= 15 is 0 Å². The van der Waals surface area contributed by atoms with Gasteiger partial charge in [-0.2, -0.15) is 0 Å². The van der Waals surface area contributed by atoms with Crippen LogP contribution in [-0.2, 0) is 0 Å². The van der Waals surface area contributed by atoms with E-state index in [1.165, 1.54) is 24.1 Å². The lowest BCUT2D eigenvalue weighted by atomic mass is 10.1. The molecular weight excluding hydrogens is 284 g/mol. The number of benzene rings is 2. The molecule has 1 N–H and O–H groups in total. The van der Waals surface area contributed by atoms with Crippen molar-refractivity contribution in [3.63, 3.8) is 0 Å². The lowest BCUT2D eigenvalue weighted by molar-refractivity contribution is 0.481. The lowest BCUT2D eigenvalue weighted by Gasteiger charge is -2.18. The Hall–Kier alpha value is -2.55. The molecule has 1 fully saturated rings. The first-order chi connectivity index (χ1) is 11.2. The SMILES string of the molecule is Cc1ccc(-c2cc(O)c3cc(N4CCCC4)ccc3n2)cc1. The minimum absolute atomic E-state index is 0.298. The molecule has 3 heteroatoms. The minimum atomic E-state index is 0.298. The molecule has 2 heterocycles. The Morgan fingerprint density at radius 2 is 1.70 bits per heavy atom. The molecule has 3 nitrogen and oxygen atoms in total. The molecule has 1 aromatic heterocycles. The van der Waals surface area contributed by atoms with E-state index in [2.05, 4.69) is 36.1 Å². The summed E-state index contributed by atoms with van der Waals surface area (Å²) < 4.78 is 0. The number of aryl methyl sites for hydroxylation is 1. The maximum absolute atomic E-state index is 10.5. The van der Waals surface area contributed by atoms with Crippen LogP contribution in [0.4, 0.5) is 5.69 Å². The largest absolute Gasteiger partial charge is 0.507 e. The second kappa shape index (κ2) is 5.58. The number of rotatable bonds is 2. The number of hydrogen-bond acceptors (Lipinski definition) is 3. The van der Waals surface area contributed by atoms with Gasteiger partial charge >= 0.3 is 0 Å². The molecule has 4 rings (SSSR count). The number of hydrogen-bond donors (Lipinski definition) is 1. The first-order valence-corrected chi connectivity index (χ1v) is 8.16. The summed E-state index contributed by atoms with van der Waals surface area (Å²) in [6.07, 6.45) is 2.49. The van der Waals surface area contributed by atoms with Crippen LogP contribution in [0.25, 0.3) is 22.2 Å². The van der Waals surface area contributed by atoms with Gasteiger partial charge in [0.05, 0.1) is 11.2 Å². The van der Waals surface area contributed by atoms with Crippen LogP contribution in [0.15, 0.2) is 48.5 Å². The normalized spacial score (nSPS) is 14.6. The van der Waals surface area contributed by atoms with Gasteiger partial charge in [-0.05, 0) is 38.0 Å². The van der Waals surface area contributed by atoms with Crippen molar-refractivity contribution in [3.05, 3.63) is 54.1 Å². The Balaban J connectivity index is 1.78. The number of aromatic hydroxyl groups is 1. The average Bonchev–Trinajstić information content (AvgIpc) is 3.10. The number of aromatic nitrogens is 1. The molecule has 1 aliphatic rings. The summed E-state index contributed by atoms with van der Waals surface area (Å²) in [7, 11) is 0. The Kier molecular flexibility index (Phi) is 3.41. The molecule has 2 aromatic carbocycles. The van der Waals surface area contributed by atoms with Gasteiger partial charge in [0.2, 0.25) is 0 Å². The van der Waals surface area contributed by atoms with Crippen molar-refractivity contribution in [2.24, 2.45) is 0 Å². The highest BCUT2D eigenvalue weighted by Gasteiger charge is 2.14. The molecule has 1 aliphatic heterocycles. The lowest BCUT2D eigenvalue weighted by Crippen LogP contribution is -2.17. The van der Waals surface area contributed by atoms with Crippen molar-refractivity contribution in [3.8, 4) is 17.0 Å². The van der Waals surface area contributed by atoms with Crippen molar-refractivity contribution in [1.82, 2.24) is 4.98 Å².